The van der Waals surface area contributed by atoms with E-state index in [1.54, 1.807) is 17.0 Å². The van der Waals surface area contributed by atoms with E-state index in [1.165, 1.54) is 16.5 Å². The molecule has 0 radical (unpaired) electrons. The van der Waals surface area contributed by atoms with Crippen LogP contribution in [0.25, 0.3) is 0 Å². The Morgan fingerprint density at radius 3 is 2.23 bits per heavy atom. The molecule has 0 aliphatic carbocycles. The second-order valence-corrected chi connectivity index (χ2v) is 6.48. The summed E-state index contributed by atoms with van der Waals surface area (Å²) in [7, 11) is 0. The number of piperazine rings is 1. The summed E-state index contributed by atoms with van der Waals surface area (Å²) in [5, 5.41) is 0.865. The molecule has 2 aromatic rings. The molecule has 1 saturated heterocycles. The number of halogens is 2. The maximum Gasteiger partial charge on any atom is 0.127 e. The fraction of sp³-hybridized carbons (Fsp3) is 0.333. The average Bonchev–Trinajstić information content (AvgIpc) is 2.52. The number of nitrogens with one attached hydrogen (secondary N) is 2. The van der Waals surface area contributed by atoms with Crippen LogP contribution in [0.3, 0.4) is 0 Å². The Labute approximate surface area is 136 Å². The zero-order valence-corrected chi connectivity index (χ0v) is 13.4. The Morgan fingerprint density at radius 2 is 1.55 bits per heavy atom. The van der Waals surface area contributed by atoms with E-state index >= 15 is 0 Å². The summed E-state index contributed by atoms with van der Waals surface area (Å²) in [6, 6.07) is 15.1. The molecule has 1 heterocycles. The number of hydrogen-bond donors (Lipinski definition) is 2. The van der Waals surface area contributed by atoms with Crippen molar-refractivity contribution in [3.8, 4) is 0 Å². The van der Waals surface area contributed by atoms with Crippen LogP contribution in [0.2, 0.25) is 5.02 Å². The first-order valence-electron chi connectivity index (χ1n) is 7.86. The van der Waals surface area contributed by atoms with Crippen LogP contribution in [-0.4, -0.2) is 26.2 Å². The van der Waals surface area contributed by atoms with Gasteiger partial charge in [0.25, 0.3) is 0 Å². The van der Waals surface area contributed by atoms with Gasteiger partial charge in [0.2, 0.25) is 0 Å². The van der Waals surface area contributed by atoms with Gasteiger partial charge >= 0.3 is 0 Å². The van der Waals surface area contributed by atoms with E-state index in [1.807, 2.05) is 24.3 Å². The van der Waals surface area contributed by atoms with Gasteiger partial charge in [-0.3, -0.25) is 0 Å². The monoisotopic (exact) mass is 320 g/mol. The van der Waals surface area contributed by atoms with E-state index in [0.717, 1.165) is 49.9 Å². The lowest BCUT2D eigenvalue weighted by Gasteiger charge is -2.30. The Kier molecular flexibility index (Phi) is 5.08. The van der Waals surface area contributed by atoms with Crippen LogP contribution in [0.4, 0.5) is 4.39 Å². The summed E-state index contributed by atoms with van der Waals surface area (Å²) in [6.45, 7) is 6.42. The smallest absolute Gasteiger partial charge is 0.127 e. The maximum absolute atomic E-state index is 13.2. The van der Waals surface area contributed by atoms with Crippen LogP contribution in [0.1, 0.15) is 11.1 Å². The van der Waals surface area contributed by atoms with Gasteiger partial charge in [0.1, 0.15) is 45.1 Å². The van der Waals surface area contributed by atoms with Gasteiger partial charge < -0.3 is 9.80 Å². The van der Waals surface area contributed by atoms with Crippen LogP contribution in [-0.2, 0) is 13.1 Å². The van der Waals surface area contributed by atoms with Gasteiger partial charge in [-0.1, -0.05) is 41.9 Å². The fourth-order valence-electron chi connectivity index (χ4n) is 3.16. The van der Waals surface area contributed by atoms with Crippen LogP contribution in [0, 0.1) is 5.82 Å². The molecule has 1 fully saturated rings. The van der Waals surface area contributed by atoms with E-state index in [2.05, 4.69) is 6.07 Å². The first-order chi connectivity index (χ1) is 10.7. The summed E-state index contributed by atoms with van der Waals surface area (Å²) in [5.74, 6) is -0.139. The molecule has 0 saturated carbocycles. The Balaban J connectivity index is 1.51. The van der Waals surface area contributed by atoms with Crippen molar-refractivity contribution < 1.29 is 14.2 Å². The molecule has 2 aromatic carbocycles. The third-order valence-electron chi connectivity index (χ3n) is 4.41. The van der Waals surface area contributed by atoms with Crippen molar-refractivity contribution >= 4 is 11.6 Å². The molecule has 3 rings (SSSR count). The van der Waals surface area contributed by atoms with Crippen molar-refractivity contribution in [1.29, 1.82) is 0 Å². The summed E-state index contributed by atoms with van der Waals surface area (Å²) in [4.78, 5) is 3.12. The summed E-state index contributed by atoms with van der Waals surface area (Å²) >= 11 is 6.24. The normalized spacial score (nSPS) is 21.7. The topological polar surface area (TPSA) is 8.88 Å². The lowest BCUT2D eigenvalue weighted by atomic mass is 10.1. The Morgan fingerprint density at radius 1 is 0.864 bits per heavy atom. The predicted octanol–water partition coefficient (Wildman–Crippen LogP) is 0.963. The van der Waals surface area contributed by atoms with E-state index in [0.29, 0.717) is 0 Å². The summed E-state index contributed by atoms with van der Waals surface area (Å²) < 4.78 is 13.2. The third-order valence-corrected chi connectivity index (χ3v) is 4.77. The minimum atomic E-state index is -0.139. The van der Waals surface area contributed by atoms with Crippen molar-refractivity contribution in [3.63, 3.8) is 0 Å². The molecule has 0 unspecified atom stereocenters. The lowest BCUT2D eigenvalue weighted by Crippen LogP contribution is -3.27. The van der Waals surface area contributed by atoms with Crippen molar-refractivity contribution in [3.05, 3.63) is 70.5 Å². The quantitative estimate of drug-likeness (QED) is 0.830. The van der Waals surface area contributed by atoms with Crippen molar-refractivity contribution in [2.75, 3.05) is 26.2 Å². The van der Waals surface area contributed by atoms with Gasteiger partial charge in [-0.15, -0.1) is 0 Å². The predicted molar refractivity (Wildman–Crippen MR) is 86.7 cm³/mol. The SMILES string of the molecule is Fc1cccc(C[NH+]2CC[NH+](Cc3ccccc3Cl)CC2)c1. The molecule has 116 valence electrons. The molecule has 1 aliphatic heterocycles. The largest absolute Gasteiger partial charge is 0.322 e. The molecule has 0 bridgehead atoms. The summed E-state index contributed by atoms with van der Waals surface area (Å²) in [6.07, 6.45) is 0. The van der Waals surface area contributed by atoms with E-state index in [-0.39, 0.29) is 5.82 Å². The highest BCUT2D eigenvalue weighted by Gasteiger charge is 2.23. The molecule has 2 N–H and O–H groups in total. The standard InChI is InChI=1S/C18H20ClFN2/c19-18-7-2-1-5-16(18)14-22-10-8-21(9-11-22)13-15-4-3-6-17(20)12-15/h1-7,12H,8-11,13-14H2/p+2. The molecule has 0 spiro atoms. The molecular weight excluding hydrogens is 299 g/mol. The van der Waals surface area contributed by atoms with Crippen LogP contribution >= 0.6 is 11.6 Å². The fourth-order valence-corrected chi connectivity index (χ4v) is 3.36. The Hall–Kier alpha value is -1.42. The molecule has 0 amide bonds. The first-order valence-corrected chi connectivity index (χ1v) is 8.23. The van der Waals surface area contributed by atoms with Crippen LogP contribution in [0.5, 0.6) is 0 Å². The first kappa shape index (κ1) is 15.5. The minimum absolute atomic E-state index is 0.139. The van der Waals surface area contributed by atoms with Crippen LogP contribution in [0.15, 0.2) is 48.5 Å². The van der Waals surface area contributed by atoms with Gasteiger partial charge in [0, 0.05) is 16.1 Å². The van der Waals surface area contributed by atoms with Gasteiger partial charge in [0.05, 0.1) is 0 Å². The van der Waals surface area contributed by atoms with Gasteiger partial charge in [0.15, 0.2) is 0 Å². The van der Waals surface area contributed by atoms with E-state index < -0.39 is 0 Å². The Bertz CT molecular complexity index is 624. The van der Waals surface area contributed by atoms with Crippen molar-refractivity contribution in [2.45, 2.75) is 13.1 Å². The lowest BCUT2D eigenvalue weighted by molar-refractivity contribution is -1.02. The highest BCUT2D eigenvalue weighted by molar-refractivity contribution is 6.31. The van der Waals surface area contributed by atoms with Gasteiger partial charge in [-0.25, -0.2) is 4.39 Å². The summed E-state index contributed by atoms with van der Waals surface area (Å²) in [5.41, 5.74) is 2.32. The molecule has 0 atom stereocenters. The van der Waals surface area contributed by atoms with Crippen LogP contribution < -0.4 is 9.80 Å². The highest BCUT2D eigenvalue weighted by Crippen LogP contribution is 2.13. The zero-order chi connectivity index (χ0) is 15.4. The molecular formula is C18H22ClFN2+2. The highest BCUT2D eigenvalue weighted by atomic mass is 35.5. The molecule has 22 heavy (non-hydrogen) atoms. The third kappa shape index (κ3) is 4.07. The molecule has 4 heteroatoms. The molecule has 2 nitrogen and oxygen atoms in total. The van der Waals surface area contributed by atoms with Gasteiger partial charge in [-0.05, 0) is 18.2 Å². The molecule has 0 aromatic heterocycles. The van der Waals surface area contributed by atoms with E-state index in [4.69, 9.17) is 11.6 Å². The second kappa shape index (κ2) is 7.23. The van der Waals surface area contributed by atoms with Gasteiger partial charge in [-0.2, -0.15) is 0 Å². The average molecular weight is 321 g/mol. The number of benzene rings is 2. The number of hydrogen-bond acceptors (Lipinski definition) is 0. The van der Waals surface area contributed by atoms with E-state index in [9.17, 15) is 4.39 Å². The van der Waals surface area contributed by atoms with Crippen molar-refractivity contribution in [1.82, 2.24) is 0 Å². The number of quaternary nitrogens is 2. The molecule has 1 aliphatic rings. The maximum atomic E-state index is 13.2. The van der Waals surface area contributed by atoms with Crippen molar-refractivity contribution in [2.24, 2.45) is 0 Å². The number of rotatable bonds is 4. The second-order valence-electron chi connectivity index (χ2n) is 6.07. The minimum Gasteiger partial charge on any atom is -0.322 e. The zero-order valence-electron chi connectivity index (χ0n) is 12.6.